The van der Waals surface area contributed by atoms with Crippen molar-refractivity contribution < 1.29 is 8.42 Å². The van der Waals surface area contributed by atoms with E-state index in [1.165, 1.54) is 24.8 Å². The summed E-state index contributed by atoms with van der Waals surface area (Å²) in [6.07, 6.45) is 6.02. The molecular weight excluding hydrogens is 478 g/mol. The van der Waals surface area contributed by atoms with Gasteiger partial charge in [-0.1, -0.05) is 91.0 Å². The number of benzene rings is 3. The lowest BCUT2D eigenvalue weighted by molar-refractivity contribution is 0.277. The molecule has 0 bridgehead atoms. The lowest BCUT2D eigenvalue weighted by Gasteiger charge is -2.24. The lowest BCUT2D eigenvalue weighted by atomic mass is 9.95. The van der Waals surface area contributed by atoms with Gasteiger partial charge in [0.2, 0.25) is 0 Å². The Bertz CT molecular complexity index is 1290. The van der Waals surface area contributed by atoms with Crippen LogP contribution < -0.4 is 4.83 Å². The largest absolute Gasteiger partial charge is 0.281 e. The summed E-state index contributed by atoms with van der Waals surface area (Å²) < 4.78 is 26.1. The molecule has 1 aliphatic carbocycles. The van der Waals surface area contributed by atoms with Gasteiger partial charge in [-0.15, -0.1) is 0 Å². The highest BCUT2D eigenvalue weighted by Gasteiger charge is 2.55. The molecule has 0 radical (unpaired) electrons. The first-order valence-electron chi connectivity index (χ1n) is 12.2. The van der Waals surface area contributed by atoms with Crippen molar-refractivity contribution in [3.63, 3.8) is 0 Å². The summed E-state index contributed by atoms with van der Waals surface area (Å²) in [6, 6.07) is 25.2. The maximum absolute atomic E-state index is 13.0. The Kier molecular flexibility index (Phi) is 6.96. The Morgan fingerprint density at radius 2 is 1.57 bits per heavy atom. The molecule has 3 aromatic carbocycles. The first-order valence-corrected chi connectivity index (χ1v) is 14.0. The number of hydrogen-bond acceptors (Lipinski definition) is 4. The predicted octanol–water partition coefficient (Wildman–Crippen LogP) is 6.09. The molecule has 5 nitrogen and oxygen atoms in total. The summed E-state index contributed by atoms with van der Waals surface area (Å²) in [7, 11) is -3.79. The molecule has 182 valence electrons. The standard InChI is InChI=1S/C28H30ClN3O2S/c1-20-12-18-25(19-13-20)35(33,34)31-30-26(21-8-4-2-5-9-21)28-27(22-14-16-23(29)17-15-22)32(28)24-10-6-3-7-11-24/h2,4-5,8-9,12-19,24,27-28,31H,3,6-7,10-11H2,1H3/b30-26+/t27-,28+,32?/m1/s1. The van der Waals surface area contributed by atoms with Crippen molar-refractivity contribution >= 4 is 27.3 Å². The van der Waals surface area contributed by atoms with Crippen LogP contribution in [0, 0.1) is 6.92 Å². The zero-order valence-corrected chi connectivity index (χ0v) is 21.3. The molecule has 1 aliphatic heterocycles. The Labute approximate surface area is 212 Å². The van der Waals surface area contributed by atoms with Crippen LogP contribution in [0.1, 0.15) is 54.8 Å². The monoisotopic (exact) mass is 507 g/mol. The highest BCUT2D eigenvalue weighted by Crippen LogP contribution is 2.49. The van der Waals surface area contributed by atoms with E-state index in [0.29, 0.717) is 11.1 Å². The molecule has 2 fully saturated rings. The minimum absolute atomic E-state index is 0.0117. The van der Waals surface area contributed by atoms with E-state index in [4.69, 9.17) is 11.6 Å². The van der Waals surface area contributed by atoms with E-state index in [2.05, 4.69) is 27.0 Å². The Balaban J connectivity index is 1.52. The average molecular weight is 508 g/mol. The number of nitrogens with one attached hydrogen (secondary N) is 1. The molecule has 3 atom stereocenters. The average Bonchev–Trinajstić information content (AvgIpc) is 3.61. The Morgan fingerprint density at radius 1 is 0.914 bits per heavy atom. The number of hydrazone groups is 1. The fourth-order valence-corrected chi connectivity index (χ4v) is 6.12. The highest BCUT2D eigenvalue weighted by atomic mass is 35.5. The van der Waals surface area contributed by atoms with E-state index in [9.17, 15) is 8.42 Å². The summed E-state index contributed by atoms with van der Waals surface area (Å²) in [5.74, 6) is 0. The van der Waals surface area contributed by atoms with Crippen molar-refractivity contribution in [3.05, 3.63) is 101 Å². The topological polar surface area (TPSA) is 61.5 Å². The van der Waals surface area contributed by atoms with Crippen LogP contribution in [0.15, 0.2) is 88.9 Å². The number of hydrogen-bond donors (Lipinski definition) is 1. The Morgan fingerprint density at radius 3 is 2.23 bits per heavy atom. The Hall–Kier alpha value is -2.67. The minimum Gasteiger partial charge on any atom is -0.281 e. The molecule has 1 N–H and O–H groups in total. The molecule has 0 amide bonds. The number of aryl methyl sites for hydroxylation is 1. The van der Waals surface area contributed by atoms with Crippen LogP contribution in [-0.2, 0) is 10.0 Å². The van der Waals surface area contributed by atoms with Gasteiger partial charge in [-0.3, -0.25) is 4.90 Å². The predicted molar refractivity (Wildman–Crippen MR) is 141 cm³/mol. The molecule has 1 heterocycles. The van der Waals surface area contributed by atoms with Gasteiger partial charge >= 0.3 is 0 Å². The summed E-state index contributed by atoms with van der Waals surface area (Å²) >= 11 is 6.17. The van der Waals surface area contributed by atoms with Gasteiger partial charge in [-0.05, 0) is 55.2 Å². The number of rotatable bonds is 7. The third-order valence-corrected chi connectivity index (χ3v) is 8.50. The van der Waals surface area contributed by atoms with Crippen LogP contribution in [0.2, 0.25) is 5.02 Å². The van der Waals surface area contributed by atoms with Crippen molar-refractivity contribution in [2.45, 2.75) is 62.0 Å². The molecule has 5 rings (SSSR count). The summed E-state index contributed by atoms with van der Waals surface area (Å²) in [5.41, 5.74) is 3.84. The fraction of sp³-hybridized carbons (Fsp3) is 0.321. The minimum atomic E-state index is -3.79. The number of nitrogens with zero attached hydrogens (tertiary/aromatic N) is 2. The van der Waals surface area contributed by atoms with Crippen LogP contribution in [-0.4, -0.2) is 31.1 Å². The first-order chi connectivity index (χ1) is 16.9. The molecule has 1 saturated heterocycles. The van der Waals surface area contributed by atoms with Crippen LogP contribution in [0.5, 0.6) is 0 Å². The SMILES string of the molecule is Cc1ccc(S(=O)(=O)N/N=C(\c2ccccc2)[C@H]2[C@@H](c3ccc(Cl)cc3)N2C2CCCCC2)cc1. The van der Waals surface area contributed by atoms with Crippen LogP contribution in [0.3, 0.4) is 0 Å². The molecule has 1 unspecified atom stereocenters. The van der Waals surface area contributed by atoms with Crippen molar-refractivity contribution in [3.8, 4) is 0 Å². The zero-order chi connectivity index (χ0) is 24.4. The second-order valence-electron chi connectivity index (χ2n) is 9.45. The molecule has 35 heavy (non-hydrogen) atoms. The van der Waals surface area contributed by atoms with Crippen molar-refractivity contribution in [2.24, 2.45) is 5.10 Å². The zero-order valence-electron chi connectivity index (χ0n) is 19.8. The summed E-state index contributed by atoms with van der Waals surface area (Å²) in [6.45, 7) is 1.93. The maximum Gasteiger partial charge on any atom is 0.276 e. The third-order valence-electron chi connectivity index (χ3n) is 7.03. The van der Waals surface area contributed by atoms with Crippen molar-refractivity contribution in [1.29, 1.82) is 0 Å². The van der Waals surface area contributed by atoms with Crippen LogP contribution in [0.4, 0.5) is 0 Å². The number of halogens is 1. The second-order valence-corrected chi connectivity index (χ2v) is 11.5. The van der Waals surface area contributed by atoms with E-state index in [-0.39, 0.29) is 17.0 Å². The van der Waals surface area contributed by atoms with Gasteiger partial charge in [-0.2, -0.15) is 18.4 Å². The third kappa shape index (κ3) is 5.30. The van der Waals surface area contributed by atoms with E-state index >= 15 is 0 Å². The van der Waals surface area contributed by atoms with Gasteiger partial charge < -0.3 is 0 Å². The first kappa shape index (κ1) is 24.0. The van der Waals surface area contributed by atoms with Crippen molar-refractivity contribution in [2.75, 3.05) is 0 Å². The van der Waals surface area contributed by atoms with Gasteiger partial charge in [0.15, 0.2) is 0 Å². The molecule has 0 spiro atoms. The van der Waals surface area contributed by atoms with Gasteiger partial charge in [0.05, 0.1) is 22.7 Å². The van der Waals surface area contributed by atoms with Gasteiger partial charge in [-0.25, -0.2) is 0 Å². The normalized spacial score (nSPS) is 23.1. The van der Waals surface area contributed by atoms with E-state index in [0.717, 1.165) is 29.7 Å². The number of sulfonamides is 1. The molecule has 2 aliphatic rings. The van der Waals surface area contributed by atoms with Crippen molar-refractivity contribution in [1.82, 2.24) is 9.73 Å². The summed E-state index contributed by atoms with van der Waals surface area (Å²) in [4.78, 5) is 5.24. The lowest BCUT2D eigenvalue weighted by Crippen LogP contribution is -2.28. The fourth-order valence-electron chi connectivity index (χ4n) is 5.18. The van der Waals surface area contributed by atoms with Crippen LogP contribution in [0.25, 0.3) is 0 Å². The van der Waals surface area contributed by atoms with Crippen LogP contribution >= 0.6 is 11.6 Å². The van der Waals surface area contributed by atoms with E-state index in [1.807, 2.05) is 49.4 Å². The molecule has 7 heteroatoms. The molecule has 0 aromatic heterocycles. The highest BCUT2D eigenvalue weighted by molar-refractivity contribution is 7.89. The molecular formula is C28H30ClN3O2S. The van der Waals surface area contributed by atoms with Gasteiger partial charge in [0.25, 0.3) is 10.0 Å². The van der Waals surface area contributed by atoms with E-state index < -0.39 is 10.0 Å². The smallest absolute Gasteiger partial charge is 0.276 e. The molecule has 1 saturated carbocycles. The quantitative estimate of drug-likeness (QED) is 0.239. The maximum atomic E-state index is 13.0. The van der Waals surface area contributed by atoms with E-state index in [1.54, 1.807) is 24.3 Å². The van der Waals surface area contributed by atoms with Gasteiger partial charge in [0, 0.05) is 11.1 Å². The van der Waals surface area contributed by atoms with Gasteiger partial charge in [0.1, 0.15) is 0 Å². The summed E-state index contributed by atoms with van der Waals surface area (Å²) in [5, 5.41) is 5.28. The molecule has 3 aromatic rings. The second kappa shape index (κ2) is 10.1.